The summed E-state index contributed by atoms with van der Waals surface area (Å²) in [5, 5.41) is 0. The van der Waals surface area contributed by atoms with Crippen molar-refractivity contribution in [3.8, 4) is 0 Å². The van der Waals surface area contributed by atoms with E-state index in [1.807, 2.05) is 22.8 Å². The minimum absolute atomic E-state index is 0.158. The van der Waals surface area contributed by atoms with E-state index in [1.165, 1.54) is 6.07 Å². The molecule has 0 N–H and O–H groups in total. The zero-order chi connectivity index (χ0) is 21.7. The first-order valence-corrected chi connectivity index (χ1v) is 10.0. The zero-order valence-corrected chi connectivity index (χ0v) is 17.7. The Kier molecular flexibility index (Phi) is 6.82. The van der Waals surface area contributed by atoms with E-state index in [9.17, 15) is 18.0 Å². The molecule has 0 bridgehead atoms. The van der Waals surface area contributed by atoms with E-state index < -0.39 is 11.7 Å². The fraction of sp³-hybridized carbons (Fsp3) is 0.174. The summed E-state index contributed by atoms with van der Waals surface area (Å²) < 4.78 is 41.5. The van der Waals surface area contributed by atoms with E-state index in [-0.39, 0.29) is 12.5 Å². The standard InChI is InChI=1S/C23H20BrF3N2O/c1-2-12-29(22(30)20-10-3-4-11-21(20)24)16-19-9-6-13-28(19)15-17-7-5-8-18(14-17)23(25,26)27/h2-11,13-14H,1,12,15-16H2. The van der Waals surface area contributed by atoms with Gasteiger partial charge in [0.2, 0.25) is 0 Å². The van der Waals surface area contributed by atoms with Gasteiger partial charge in [0.25, 0.3) is 5.91 Å². The number of hydrogen-bond acceptors (Lipinski definition) is 1. The number of nitrogens with zero attached hydrogens (tertiary/aromatic N) is 2. The van der Waals surface area contributed by atoms with Gasteiger partial charge in [0.05, 0.1) is 17.7 Å². The number of aromatic nitrogens is 1. The van der Waals surface area contributed by atoms with Crippen LogP contribution in [0.15, 0.2) is 84.0 Å². The minimum atomic E-state index is -4.38. The van der Waals surface area contributed by atoms with Crippen molar-refractivity contribution in [2.75, 3.05) is 6.54 Å². The van der Waals surface area contributed by atoms with E-state index >= 15 is 0 Å². The van der Waals surface area contributed by atoms with Crippen LogP contribution in [-0.4, -0.2) is 21.9 Å². The summed E-state index contributed by atoms with van der Waals surface area (Å²) in [6.07, 6.45) is -0.939. The highest BCUT2D eigenvalue weighted by molar-refractivity contribution is 9.10. The molecule has 1 heterocycles. The first-order chi connectivity index (χ1) is 14.3. The van der Waals surface area contributed by atoms with Gasteiger partial charge in [0.15, 0.2) is 0 Å². The van der Waals surface area contributed by atoms with Crippen molar-refractivity contribution >= 4 is 21.8 Å². The Bertz CT molecular complexity index is 1040. The van der Waals surface area contributed by atoms with E-state index in [2.05, 4.69) is 22.5 Å². The molecule has 0 fully saturated rings. The van der Waals surface area contributed by atoms with E-state index in [0.717, 1.165) is 17.8 Å². The van der Waals surface area contributed by atoms with Crippen LogP contribution in [0.2, 0.25) is 0 Å². The highest BCUT2D eigenvalue weighted by Crippen LogP contribution is 2.30. The highest BCUT2D eigenvalue weighted by atomic mass is 79.9. The first-order valence-electron chi connectivity index (χ1n) is 9.24. The molecule has 3 nitrogen and oxygen atoms in total. The average molecular weight is 477 g/mol. The molecule has 0 aliphatic carbocycles. The summed E-state index contributed by atoms with van der Waals surface area (Å²) in [5.74, 6) is -0.158. The van der Waals surface area contributed by atoms with E-state index in [0.29, 0.717) is 28.7 Å². The Hall–Kier alpha value is -2.80. The van der Waals surface area contributed by atoms with Gasteiger partial charge in [-0.2, -0.15) is 13.2 Å². The molecular formula is C23H20BrF3N2O. The fourth-order valence-electron chi connectivity index (χ4n) is 3.17. The Morgan fingerprint density at radius 3 is 2.57 bits per heavy atom. The lowest BCUT2D eigenvalue weighted by Gasteiger charge is -2.23. The maximum Gasteiger partial charge on any atom is 0.416 e. The second-order valence-electron chi connectivity index (χ2n) is 6.78. The highest BCUT2D eigenvalue weighted by Gasteiger charge is 2.30. The first kappa shape index (κ1) is 21.9. The fourth-order valence-corrected chi connectivity index (χ4v) is 3.62. The molecule has 3 rings (SSSR count). The number of carbonyl (C=O) groups is 1. The summed E-state index contributed by atoms with van der Waals surface area (Å²) in [6.45, 7) is 4.65. The maximum absolute atomic E-state index is 13.0. The number of halogens is 4. The predicted molar refractivity (Wildman–Crippen MR) is 114 cm³/mol. The third-order valence-electron chi connectivity index (χ3n) is 4.62. The Morgan fingerprint density at radius 1 is 1.10 bits per heavy atom. The second-order valence-corrected chi connectivity index (χ2v) is 7.63. The summed E-state index contributed by atoms with van der Waals surface area (Å²) in [4.78, 5) is 14.7. The van der Waals surface area contributed by atoms with Gasteiger partial charge in [-0.3, -0.25) is 4.79 Å². The smallest absolute Gasteiger partial charge is 0.345 e. The van der Waals surface area contributed by atoms with Crippen LogP contribution < -0.4 is 0 Å². The zero-order valence-electron chi connectivity index (χ0n) is 16.1. The van der Waals surface area contributed by atoms with Gasteiger partial charge in [0.1, 0.15) is 0 Å². The van der Waals surface area contributed by atoms with Crippen LogP contribution in [0.25, 0.3) is 0 Å². The van der Waals surface area contributed by atoms with Crippen molar-refractivity contribution in [3.63, 3.8) is 0 Å². The quantitative estimate of drug-likeness (QED) is 0.375. The monoisotopic (exact) mass is 476 g/mol. The predicted octanol–water partition coefficient (Wildman–Crippen LogP) is 6.15. The molecule has 0 aliphatic rings. The van der Waals surface area contributed by atoms with Crippen molar-refractivity contribution < 1.29 is 18.0 Å². The van der Waals surface area contributed by atoms with Crippen molar-refractivity contribution in [3.05, 3.63) is 106 Å². The van der Waals surface area contributed by atoms with Crippen molar-refractivity contribution in [1.29, 1.82) is 0 Å². The Morgan fingerprint density at radius 2 is 1.87 bits per heavy atom. The summed E-state index contributed by atoms with van der Waals surface area (Å²) in [5.41, 5.74) is 1.21. The lowest BCUT2D eigenvalue weighted by atomic mass is 10.1. The van der Waals surface area contributed by atoms with Gasteiger partial charge in [-0.25, -0.2) is 0 Å². The van der Waals surface area contributed by atoms with Crippen molar-refractivity contribution in [1.82, 2.24) is 9.47 Å². The maximum atomic E-state index is 13.0. The molecule has 2 aromatic carbocycles. The molecule has 0 saturated heterocycles. The summed E-state index contributed by atoms with van der Waals surface area (Å²) in [7, 11) is 0. The van der Waals surface area contributed by atoms with Gasteiger partial charge in [-0.1, -0.05) is 30.3 Å². The molecule has 7 heteroatoms. The minimum Gasteiger partial charge on any atom is -0.345 e. The van der Waals surface area contributed by atoms with Crippen molar-refractivity contribution in [2.45, 2.75) is 19.3 Å². The summed E-state index contributed by atoms with van der Waals surface area (Å²) in [6, 6.07) is 16.1. The normalized spacial score (nSPS) is 11.3. The molecule has 0 unspecified atom stereocenters. The molecule has 0 atom stereocenters. The number of benzene rings is 2. The SMILES string of the molecule is C=CCN(Cc1cccn1Cc1cccc(C(F)(F)F)c1)C(=O)c1ccccc1Br. The number of rotatable bonds is 7. The molecule has 156 valence electrons. The number of hydrogen-bond donors (Lipinski definition) is 0. The van der Waals surface area contributed by atoms with Gasteiger partial charge in [-0.05, 0) is 57.9 Å². The van der Waals surface area contributed by atoms with Crippen LogP contribution in [0.4, 0.5) is 13.2 Å². The summed E-state index contributed by atoms with van der Waals surface area (Å²) >= 11 is 3.41. The molecular weight excluding hydrogens is 457 g/mol. The molecule has 0 aliphatic heterocycles. The lowest BCUT2D eigenvalue weighted by molar-refractivity contribution is -0.137. The van der Waals surface area contributed by atoms with Gasteiger partial charge < -0.3 is 9.47 Å². The molecule has 1 amide bonds. The Balaban J connectivity index is 1.82. The number of amides is 1. The topological polar surface area (TPSA) is 25.2 Å². The number of carbonyl (C=O) groups excluding carboxylic acids is 1. The van der Waals surface area contributed by atoms with Crippen LogP contribution in [0, 0.1) is 0 Å². The van der Waals surface area contributed by atoms with Crippen molar-refractivity contribution in [2.24, 2.45) is 0 Å². The van der Waals surface area contributed by atoms with Crippen LogP contribution in [0.1, 0.15) is 27.2 Å². The van der Waals surface area contributed by atoms with Gasteiger partial charge in [0, 0.05) is 29.5 Å². The van der Waals surface area contributed by atoms with Crippen LogP contribution in [0.3, 0.4) is 0 Å². The molecule has 1 aromatic heterocycles. The number of alkyl halides is 3. The van der Waals surface area contributed by atoms with Gasteiger partial charge in [-0.15, -0.1) is 6.58 Å². The van der Waals surface area contributed by atoms with Crippen LogP contribution >= 0.6 is 15.9 Å². The van der Waals surface area contributed by atoms with Crippen LogP contribution in [0.5, 0.6) is 0 Å². The largest absolute Gasteiger partial charge is 0.416 e. The molecule has 30 heavy (non-hydrogen) atoms. The molecule has 3 aromatic rings. The Labute approximate surface area is 181 Å². The third kappa shape index (κ3) is 5.21. The average Bonchev–Trinajstić information content (AvgIpc) is 3.13. The molecule has 0 saturated carbocycles. The third-order valence-corrected chi connectivity index (χ3v) is 5.32. The molecule has 0 spiro atoms. The second kappa shape index (κ2) is 9.34. The lowest BCUT2D eigenvalue weighted by Crippen LogP contribution is -2.31. The van der Waals surface area contributed by atoms with E-state index in [1.54, 1.807) is 41.4 Å². The molecule has 0 radical (unpaired) electrons. The van der Waals surface area contributed by atoms with Gasteiger partial charge >= 0.3 is 6.18 Å². The van der Waals surface area contributed by atoms with E-state index in [4.69, 9.17) is 0 Å². The van der Waals surface area contributed by atoms with Crippen LogP contribution in [-0.2, 0) is 19.3 Å².